The van der Waals surface area contributed by atoms with E-state index in [2.05, 4.69) is 30.5 Å². The van der Waals surface area contributed by atoms with Gasteiger partial charge in [-0.2, -0.15) is 5.10 Å². The summed E-state index contributed by atoms with van der Waals surface area (Å²) in [5.41, 5.74) is 0.473. The van der Waals surface area contributed by atoms with Crippen molar-refractivity contribution in [2.45, 2.75) is 32.7 Å². The molecule has 0 aliphatic rings. The highest BCUT2D eigenvalue weighted by atomic mass is 19.3. The number of alkyl halides is 2. The monoisotopic (exact) mass is 318 g/mol. The number of halogens is 2. The SMILES string of the molecule is CC[C@H](Nc1nc(C(F)F)nc2ccccc12)c1n[nH]c(C)n1. The van der Waals surface area contributed by atoms with E-state index in [1.165, 1.54) is 0 Å². The number of hydrogen-bond donors (Lipinski definition) is 2. The second-order valence-corrected chi connectivity index (χ2v) is 5.13. The van der Waals surface area contributed by atoms with Crippen molar-refractivity contribution in [1.82, 2.24) is 25.1 Å². The first-order valence-electron chi connectivity index (χ1n) is 7.28. The zero-order valence-corrected chi connectivity index (χ0v) is 12.7. The number of hydrogen-bond acceptors (Lipinski definition) is 5. The van der Waals surface area contributed by atoms with Crippen molar-refractivity contribution in [3.8, 4) is 0 Å². The summed E-state index contributed by atoms with van der Waals surface area (Å²) in [7, 11) is 0. The molecule has 120 valence electrons. The Morgan fingerprint density at radius 3 is 2.57 bits per heavy atom. The van der Waals surface area contributed by atoms with Gasteiger partial charge in [-0.25, -0.2) is 23.7 Å². The number of benzene rings is 1. The summed E-state index contributed by atoms with van der Waals surface area (Å²) in [6, 6.07) is 6.82. The van der Waals surface area contributed by atoms with Crippen LogP contribution in [0.4, 0.5) is 14.6 Å². The number of aryl methyl sites for hydroxylation is 1. The molecule has 0 saturated heterocycles. The van der Waals surface area contributed by atoms with Crippen molar-refractivity contribution in [3.63, 3.8) is 0 Å². The van der Waals surface area contributed by atoms with Gasteiger partial charge in [0.1, 0.15) is 11.6 Å². The average molecular weight is 318 g/mol. The van der Waals surface area contributed by atoms with E-state index in [4.69, 9.17) is 0 Å². The maximum atomic E-state index is 13.0. The highest BCUT2D eigenvalue weighted by Gasteiger charge is 2.19. The number of rotatable bonds is 5. The fourth-order valence-corrected chi connectivity index (χ4v) is 2.33. The third kappa shape index (κ3) is 3.10. The number of aromatic nitrogens is 5. The minimum atomic E-state index is -2.73. The van der Waals surface area contributed by atoms with Gasteiger partial charge in [-0.05, 0) is 25.5 Å². The molecule has 0 aliphatic carbocycles. The van der Waals surface area contributed by atoms with Gasteiger partial charge in [-0.3, -0.25) is 5.10 Å². The second-order valence-electron chi connectivity index (χ2n) is 5.13. The Hall–Kier alpha value is -2.64. The van der Waals surface area contributed by atoms with E-state index in [0.29, 0.717) is 34.8 Å². The number of para-hydroxylation sites is 1. The summed E-state index contributed by atoms with van der Waals surface area (Å²) in [5.74, 6) is 1.14. The van der Waals surface area contributed by atoms with Crippen LogP contribution in [-0.2, 0) is 0 Å². The van der Waals surface area contributed by atoms with E-state index < -0.39 is 12.2 Å². The summed E-state index contributed by atoms with van der Waals surface area (Å²) in [6.45, 7) is 3.76. The van der Waals surface area contributed by atoms with E-state index in [-0.39, 0.29) is 6.04 Å². The summed E-state index contributed by atoms with van der Waals surface area (Å²) in [5, 5.41) is 10.8. The number of nitrogens with one attached hydrogen (secondary N) is 2. The average Bonchev–Trinajstić information content (AvgIpc) is 2.98. The molecule has 0 unspecified atom stereocenters. The molecule has 1 atom stereocenters. The predicted molar refractivity (Wildman–Crippen MR) is 82.3 cm³/mol. The van der Waals surface area contributed by atoms with E-state index in [1.54, 1.807) is 25.1 Å². The van der Waals surface area contributed by atoms with Gasteiger partial charge in [0.15, 0.2) is 11.6 Å². The Balaban J connectivity index is 2.03. The highest BCUT2D eigenvalue weighted by Crippen LogP contribution is 2.27. The van der Waals surface area contributed by atoms with Crippen LogP contribution in [0.15, 0.2) is 24.3 Å². The molecule has 0 spiro atoms. The normalized spacial score (nSPS) is 12.7. The number of nitrogens with zero attached hydrogens (tertiary/aromatic N) is 4. The Morgan fingerprint density at radius 1 is 1.13 bits per heavy atom. The molecule has 2 aromatic heterocycles. The predicted octanol–water partition coefficient (Wildman–Crippen LogP) is 3.56. The number of fused-ring (bicyclic) bond motifs is 1. The van der Waals surface area contributed by atoms with Crippen LogP contribution in [0.5, 0.6) is 0 Å². The Kier molecular flexibility index (Phi) is 4.14. The standard InChI is InChI=1S/C15H16F2N6/c1-3-10(14-18-8(2)22-23-14)19-13-9-6-4-5-7-11(9)20-15(21-13)12(16)17/h4-7,10,12H,3H2,1-2H3,(H,18,22,23)(H,19,20,21)/t10-/m0/s1. The van der Waals surface area contributed by atoms with Gasteiger partial charge >= 0.3 is 0 Å². The molecule has 23 heavy (non-hydrogen) atoms. The van der Waals surface area contributed by atoms with Crippen LogP contribution in [0.2, 0.25) is 0 Å². The molecule has 3 rings (SSSR count). The van der Waals surface area contributed by atoms with Crippen molar-refractivity contribution < 1.29 is 8.78 Å². The van der Waals surface area contributed by atoms with Gasteiger partial charge in [-0.15, -0.1) is 0 Å². The molecule has 0 radical (unpaired) electrons. The maximum absolute atomic E-state index is 13.0. The quantitative estimate of drug-likeness (QED) is 0.752. The Morgan fingerprint density at radius 2 is 1.91 bits per heavy atom. The van der Waals surface area contributed by atoms with E-state index in [9.17, 15) is 8.78 Å². The van der Waals surface area contributed by atoms with Crippen LogP contribution in [0.3, 0.4) is 0 Å². The Labute approximate surface area is 131 Å². The Bertz CT molecular complexity index is 817. The molecule has 6 nitrogen and oxygen atoms in total. The highest BCUT2D eigenvalue weighted by molar-refractivity contribution is 5.89. The van der Waals surface area contributed by atoms with Gasteiger partial charge in [0.25, 0.3) is 6.43 Å². The van der Waals surface area contributed by atoms with Crippen LogP contribution >= 0.6 is 0 Å². The lowest BCUT2D eigenvalue weighted by atomic mass is 10.2. The molecule has 0 bridgehead atoms. The van der Waals surface area contributed by atoms with Crippen molar-refractivity contribution in [3.05, 3.63) is 41.7 Å². The maximum Gasteiger partial charge on any atom is 0.297 e. The van der Waals surface area contributed by atoms with Gasteiger partial charge in [0, 0.05) is 5.39 Å². The van der Waals surface area contributed by atoms with Gasteiger partial charge in [0.2, 0.25) is 0 Å². The van der Waals surface area contributed by atoms with Crippen molar-refractivity contribution in [2.24, 2.45) is 0 Å². The van der Waals surface area contributed by atoms with Gasteiger partial charge in [-0.1, -0.05) is 19.1 Å². The molecule has 0 fully saturated rings. The minimum absolute atomic E-state index is 0.233. The van der Waals surface area contributed by atoms with Crippen molar-refractivity contribution >= 4 is 16.7 Å². The fraction of sp³-hybridized carbons (Fsp3) is 0.333. The summed E-state index contributed by atoms with van der Waals surface area (Å²) < 4.78 is 26.1. The zero-order valence-electron chi connectivity index (χ0n) is 12.7. The second kappa shape index (κ2) is 6.23. The molecule has 2 heterocycles. The third-order valence-electron chi connectivity index (χ3n) is 3.46. The first-order chi connectivity index (χ1) is 11.1. The smallest absolute Gasteiger partial charge is 0.297 e. The number of anilines is 1. The molecule has 2 N–H and O–H groups in total. The van der Waals surface area contributed by atoms with Crippen LogP contribution < -0.4 is 5.32 Å². The topological polar surface area (TPSA) is 79.4 Å². The first-order valence-corrected chi connectivity index (χ1v) is 7.28. The van der Waals surface area contributed by atoms with Gasteiger partial charge < -0.3 is 5.32 Å². The van der Waals surface area contributed by atoms with Crippen LogP contribution in [0, 0.1) is 6.92 Å². The molecular formula is C15H16F2N6. The van der Waals surface area contributed by atoms with Crippen LogP contribution in [0.25, 0.3) is 10.9 Å². The summed E-state index contributed by atoms with van der Waals surface area (Å²) in [6.07, 6.45) is -2.05. The van der Waals surface area contributed by atoms with E-state index >= 15 is 0 Å². The first kappa shape index (κ1) is 15.3. The molecule has 0 amide bonds. The summed E-state index contributed by atoms with van der Waals surface area (Å²) >= 11 is 0. The van der Waals surface area contributed by atoms with E-state index in [1.807, 2.05) is 13.0 Å². The lowest BCUT2D eigenvalue weighted by Gasteiger charge is -2.16. The molecule has 0 saturated carbocycles. The molecule has 0 aliphatic heterocycles. The minimum Gasteiger partial charge on any atom is -0.359 e. The third-order valence-corrected chi connectivity index (χ3v) is 3.46. The molecular weight excluding hydrogens is 302 g/mol. The van der Waals surface area contributed by atoms with Crippen LogP contribution in [-0.4, -0.2) is 25.1 Å². The lowest BCUT2D eigenvalue weighted by molar-refractivity contribution is 0.141. The van der Waals surface area contributed by atoms with Crippen molar-refractivity contribution in [1.29, 1.82) is 0 Å². The van der Waals surface area contributed by atoms with Gasteiger partial charge in [0.05, 0.1) is 11.6 Å². The number of H-pyrrole nitrogens is 1. The molecule has 3 aromatic rings. The van der Waals surface area contributed by atoms with Crippen LogP contribution in [0.1, 0.15) is 43.3 Å². The summed E-state index contributed by atoms with van der Waals surface area (Å²) in [4.78, 5) is 12.2. The van der Waals surface area contributed by atoms with E-state index in [0.717, 1.165) is 0 Å². The largest absolute Gasteiger partial charge is 0.359 e. The number of aromatic amines is 1. The zero-order chi connectivity index (χ0) is 16.4. The molecule has 8 heteroatoms. The lowest BCUT2D eigenvalue weighted by Crippen LogP contribution is -2.14. The molecule has 1 aromatic carbocycles. The fourth-order valence-electron chi connectivity index (χ4n) is 2.33. The van der Waals surface area contributed by atoms with Crippen molar-refractivity contribution in [2.75, 3.05) is 5.32 Å².